The van der Waals surface area contributed by atoms with Crippen molar-refractivity contribution in [2.75, 3.05) is 19.3 Å². The zero-order valence-electron chi connectivity index (χ0n) is 19.2. The molecule has 32 heavy (non-hydrogen) atoms. The molecule has 1 aliphatic carbocycles. The summed E-state index contributed by atoms with van der Waals surface area (Å²) in [6.45, 7) is 5.32. The van der Waals surface area contributed by atoms with Crippen LogP contribution in [0.1, 0.15) is 59.3 Å². The van der Waals surface area contributed by atoms with Crippen molar-refractivity contribution in [1.82, 2.24) is 14.5 Å². The molecule has 0 radical (unpaired) electrons. The first-order valence-electron chi connectivity index (χ1n) is 11.3. The van der Waals surface area contributed by atoms with Crippen LogP contribution in [0.25, 0.3) is 0 Å². The topological polar surface area (TPSA) is 133 Å². The van der Waals surface area contributed by atoms with Crippen LogP contribution in [0.4, 0.5) is 4.79 Å². The number of fused-ring (bicyclic) bond motifs is 1. The maximum absolute atomic E-state index is 13.7. The van der Waals surface area contributed by atoms with E-state index in [0.717, 1.165) is 38.4 Å². The average Bonchev–Trinajstić information content (AvgIpc) is 3.24. The molecule has 11 heteroatoms. The molecule has 3 fully saturated rings. The molecule has 2 amide bonds. The van der Waals surface area contributed by atoms with Crippen molar-refractivity contribution in [3.05, 3.63) is 0 Å². The van der Waals surface area contributed by atoms with Crippen LogP contribution in [0.5, 0.6) is 0 Å². The molecule has 2 heterocycles. The van der Waals surface area contributed by atoms with Gasteiger partial charge in [-0.15, -0.1) is 0 Å². The van der Waals surface area contributed by atoms with Crippen molar-refractivity contribution in [2.24, 2.45) is 11.8 Å². The van der Waals surface area contributed by atoms with Gasteiger partial charge in [0.15, 0.2) is 0 Å². The first kappa shape index (κ1) is 24.8. The second-order valence-corrected chi connectivity index (χ2v) is 12.1. The van der Waals surface area contributed by atoms with Crippen LogP contribution in [0.15, 0.2) is 0 Å². The lowest BCUT2D eigenvalue weighted by atomic mass is 9.83. The van der Waals surface area contributed by atoms with Crippen LogP contribution in [0, 0.1) is 11.8 Å². The van der Waals surface area contributed by atoms with Crippen LogP contribution in [0.3, 0.4) is 0 Å². The van der Waals surface area contributed by atoms with Crippen LogP contribution in [-0.2, 0) is 24.3 Å². The highest BCUT2D eigenvalue weighted by atomic mass is 32.2. The Hall–Kier alpha value is -1.88. The number of rotatable bonds is 5. The number of likely N-dealkylation sites (tertiary alicyclic amines) is 1. The number of ether oxygens (including phenoxy) is 1. The largest absolute Gasteiger partial charge is 0.481 e. The molecule has 1 unspecified atom stereocenters. The molecule has 3 rings (SSSR count). The minimum absolute atomic E-state index is 0.0708. The van der Waals surface area contributed by atoms with Gasteiger partial charge in [-0.3, -0.25) is 9.59 Å². The third-order valence-corrected chi connectivity index (χ3v) is 7.94. The smallest absolute Gasteiger partial charge is 0.408 e. The van der Waals surface area contributed by atoms with Crippen LogP contribution < -0.4 is 5.32 Å². The van der Waals surface area contributed by atoms with Gasteiger partial charge in [0.05, 0.1) is 18.2 Å². The Morgan fingerprint density at radius 3 is 2.25 bits per heavy atom. The number of carboxylic acids is 1. The summed E-state index contributed by atoms with van der Waals surface area (Å²) in [5.41, 5.74) is -0.723. The Balaban J connectivity index is 1.86. The molecule has 2 aliphatic heterocycles. The van der Waals surface area contributed by atoms with Gasteiger partial charge < -0.3 is 20.1 Å². The summed E-state index contributed by atoms with van der Waals surface area (Å²) < 4.78 is 31.1. The maximum atomic E-state index is 13.7. The number of carboxylic acid groups (broad SMARTS) is 1. The van der Waals surface area contributed by atoms with E-state index in [9.17, 15) is 27.9 Å². The molecular weight excluding hydrogens is 438 g/mol. The normalized spacial score (nSPS) is 28.2. The Bertz CT molecular complexity index is 848. The van der Waals surface area contributed by atoms with E-state index >= 15 is 0 Å². The zero-order chi connectivity index (χ0) is 23.8. The molecule has 182 valence electrons. The fourth-order valence-corrected chi connectivity index (χ4v) is 6.51. The summed E-state index contributed by atoms with van der Waals surface area (Å²) >= 11 is 0. The zero-order valence-corrected chi connectivity index (χ0v) is 20.1. The van der Waals surface area contributed by atoms with E-state index in [-0.39, 0.29) is 24.9 Å². The molecule has 0 aromatic heterocycles. The van der Waals surface area contributed by atoms with Gasteiger partial charge in [0, 0.05) is 19.1 Å². The molecule has 3 aliphatic rings. The number of hydrogen-bond donors (Lipinski definition) is 2. The number of amides is 2. The molecule has 2 saturated heterocycles. The number of sulfonamides is 1. The van der Waals surface area contributed by atoms with Crippen molar-refractivity contribution in [3.8, 4) is 0 Å². The highest BCUT2D eigenvalue weighted by Gasteiger charge is 2.56. The predicted octanol–water partition coefficient (Wildman–Crippen LogP) is 1.41. The van der Waals surface area contributed by atoms with Gasteiger partial charge in [-0.05, 0) is 46.0 Å². The van der Waals surface area contributed by atoms with Gasteiger partial charge in [-0.25, -0.2) is 13.2 Å². The molecule has 0 aromatic rings. The van der Waals surface area contributed by atoms with E-state index in [1.54, 1.807) is 20.8 Å². The summed E-state index contributed by atoms with van der Waals surface area (Å²) in [5, 5.41) is 12.5. The number of hydrogen-bond acceptors (Lipinski definition) is 6. The van der Waals surface area contributed by atoms with Gasteiger partial charge in [0.25, 0.3) is 0 Å². The summed E-state index contributed by atoms with van der Waals surface area (Å²) in [5.74, 6) is -2.55. The quantitative estimate of drug-likeness (QED) is 0.617. The molecule has 2 N–H and O–H groups in total. The highest BCUT2D eigenvalue weighted by Crippen LogP contribution is 2.38. The van der Waals surface area contributed by atoms with Gasteiger partial charge >= 0.3 is 12.1 Å². The highest BCUT2D eigenvalue weighted by molar-refractivity contribution is 7.88. The second-order valence-electron chi connectivity index (χ2n) is 10.2. The van der Waals surface area contributed by atoms with E-state index in [4.69, 9.17) is 4.74 Å². The predicted molar refractivity (Wildman–Crippen MR) is 116 cm³/mol. The lowest BCUT2D eigenvalue weighted by Crippen LogP contribution is -2.56. The van der Waals surface area contributed by atoms with Crippen molar-refractivity contribution >= 4 is 28.0 Å². The number of alkyl carbamates (subject to hydrolysis) is 1. The number of carbonyl (C=O) groups is 3. The monoisotopic (exact) mass is 473 g/mol. The average molecular weight is 474 g/mol. The van der Waals surface area contributed by atoms with E-state index in [1.807, 2.05) is 0 Å². The SMILES string of the molecule is CC(C)(C)OC(=O)N[C@H](C(=O)N1CC[C@@H]2C1[C@@H](C(=O)O)CN2S(C)(=O)=O)C1CCCCC1. The standard InChI is InChI=1S/C21H35N3O7S/c1-21(2,3)31-20(28)22-16(13-8-6-5-7-9-13)18(25)23-11-10-15-17(23)14(19(26)27)12-24(15)32(4,29)30/h13-17H,5-12H2,1-4H3,(H,22,28)(H,26,27)/t14-,15+,16-,17?/m0/s1. The van der Waals surface area contributed by atoms with Crippen LogP contribution >= 0.6 is 0 Å². The summed E-state index contributed by atoms with van der Waals surface area (Å²) in [6.07, 6.45) is 5.30. The first-order chi connectivity index (χ1) is 14.8. The van der Waals surface area contributed by atoms with Gasteiger partial charge in [-0.1, -0.05) is 19.3 Å². The number of nitrogens with one attached hydrogen (secondary N) is 1. The third-order valence-electron chi connectivity index (χ3n) is 6.66. The molecule has 0 spiro atoms. The minimum atomic E-state index is -3.61. The summed E-state index contributed by atoms with van der Waals surface area (Å²) in [4.78, 5) is 39.7. The van der Waals surface area contributed by atoms with Gasteiger partial charge in [0.1, 0.15) is 11.6 Å². The molecule has 0 aromatic carbocycles. The molecule has 10 nitrogen and oxygen atoms in total. The number of nitrogens with zero attached hydrogens (tertiary/aromatic N) is 2. The van der Waals surface area contributed by atoms with Crippen molar-refractivity contribution in [2.45, 2.75) is 83.0 Å². The fraction of sp³-hybridized carbons (Fsp3) is 0.857. The Morgan fingerprint density at radius 1 is 1.09 bits per heavy atom. The van der Waals surface area contributed by atoms with Crippen molar-refractivity contribution in [1.29, 1.82) is 0 Å². The van der Waals surface area contributed by atoms with Crippen LogP contribution in [-0.4, -0.2) is 83.8 Å². The third kappa shape index (κ3) is 5.36. The van der Waals surface area contributed by atoms with Gasteiger partial charge in [0.2, 0.25) is 15.9 Å². The first-order valence-corrected chi connectivity index (χ1v) is 13.1. The Kier molecular flexibility index (Phi) is 7.09. The molecule has 0 bridgehead atoms. The second kappa shape index (κ2) is 9.17. The van der Waals surface area contributed by atoms with E-state index < -0.39 is 51.7 Å². The summed E-state index contributed by atoms with van der Waals surface area (Å²) in [7, 11) is -3.61. The van der Waals surface area contributed by atoms with Crippen molar-refractivity contribution in [3.63, 3.8) is 0 Å². The molecule has 4 atom stereocenters. The van der Waals surface area contributed by atoms with Gasteiger partial charge in [-0.2, -0.15) is 4.31 Å². The minimum Gasteiger partial charge on any atom is -0.481 e. The molecule has 1 saturated carbocycles. The maximum Gasteiger partial charge on any atom is 0.408 e. The molecular formula is C21H35N3O7S. The summed E-state index contributed by atoms with van der Waals surface area (Å²) in [6, 6.07) is -2.14. The number of aliphatic carboxylic acids is 1. The van der Waals surface area contributed by atoms with Crippen LogP contribution in [0.2, 0.25) is 0 Å². The Morgan fingerprint density at radius 2 is 1.72 bits per heavy atom. The van der Waals surface area contributed by atoms with E-state index in [2.05, 4.69) is 5.32 Å². The lowest BCUT2D eigenvalue weighted by molar-refractivity contribution is -0.145. The lowest BCUT2D eigenvalue weighted by Gasteiger charge is -2.36. The fourth-order valence-electron chi connectivity index (χ4n) is 5.36. The Labute approximate surface area is 189 Å². The van der Waals surface area contributed by atoms with E-state index in [0.29, 0.717) is 6.42 Å². The van der Waals surface area contributed by atoms with E-state index in [1.165, 1.54) is 9.21 Å². The van der Waals surface area contributed by atoms with Crippen molar-refractivity contribution < 1.29 is 32.6 Å². The number of carbonyl (C=O) groups excluding carboxylic acids is 2.